The first-order valence-corrected chi connectivity index (χ1v) is 6.18. The first-order chi connectivity index (χ1) is 8.91. The van der Waals surface area contributed by atoms with E-state index in [1.54, 1.807) is 16.7 Å². The molecule has 0 aromatic heterocycles. The quantitative estimate of drug-likeness (QED) is 0.758. The van der Waals surface area contributed by atoms with E-state index in [2.05, 4.69) is 0 Å². The summed E-state index contributed by atoms with van der Waals surface area (Å²) >= 11 is 0. The van der Waals surface area contributed by atoms with E-state index >= 15 is 0 Å². The number of ether oxygens (including phenoxy) is 1. The molecule has 0 atom stereocenters. The van der Waals surface area contributed by atoms with E-state index in [-0.39, 0.29) is 12.6 Å². The summed E-state index contributed by atoms with van der Waals surface area (Å²) < 4.78 is 5.24. The van der Waals surface area contributed by atoms with Gasteiger partial charge in [-0.05, 0) is 13.8 Å². The molecule has 106 valence electrons. The zero-order chi connectivity index (χ0) is 14.5. The topological polar surface area (TPSA) is 93.9 Å². The predicted octanol–water partition coefficient (Wildman–Crippen LogP) is 0.517. The van der Waals surface area contributed by atoms with Crippen molar-refractivity contribution in [2.45, 2.75) is 25.9 Å². The van der Waals surface area contributed by atoms with Crippen molar-refractivity contribution in [1.82, 2.24) is 9.80 Å². The van der Waals surface area contributed by atoms with Gasteiger partial charge in [-0.2, -0.15) is 5.26 Å². The summed E-state index contributed by atoms with van der Waals surface area (Å²) in [7, 11) is 0. The van der Waals surface area contributed by atoms with Crippen molar-refractivity contribution >= 4 is 12.0 Å². The first kappa shape index (κ1) is 15.2. The number of amides is 2. The molecular weight excluding hydrogens is 250 g/mol. The number of nitrogens with zero attached hydrogens (tertiary/aromatic N) is 3. The molecule has 0 spiro atoms. The van der Waals surface area contributed by atoms with Gasteiger partial charge in [0.1, 0.15) is 12.2 Å². The van der Waals surface area contributed by atoms with Gasteiger partial charge in [0.15, 0.2) is 0 Å². The molecule has 0 saturated carbocycles. The maximum Gasteiger partial charge on any atom is 0.329 e. The van der Waals surface area contributed by atoms with E-state index < -0.39 is 11.6 Å². The molecule has 1 saturated heterocycles. The minimum atomic E-state index is -1.02. The van der Waals surface area contributed by atoms with Crippen LogP contribution in [0.15, 0.2) is 0 Å². The molecule has 0 unspecified atom stereocenters. The normalized spacial score (nSPS) is 16.4. The van der Waals surface area contributed by atoms with E-state index in [1.165, 1.54) is 0 Å². The van der Waals surface area contributed by atoms with Crippen molar-refractivity contribution in [2.75, 3.05) is 32.8 Å². The van der Waals surface area contributed by atoms with Crippen molar-refractivity contribution in [3.63, 3.8) is 0 Å². The Balaban J connectivity index is 2.41. The summed E-state index contributed by atoms with van der Waals surface area (Å²) in [6.07, 6.45) is 0.306. The molecule has 0 aliphatic carbocycles. The minimum Gasteiger partial charge on any atom is -0.480 e. The number of hydrogen-bond acceptors (Lipinski definition) is 4. The van der Waals surface area contributed by atoms with Gasteiger partial charge in [0.2, 0.25) is 0 Å². The second-order valence-corrected chi connectivity index (χ2v) is 4.76. The standard InChI is InChI=1S/C12H19N3O4/c1-3-14(6-4-5-13)11(18)15-8-12(2,9-15)19-7-10(16)17/h3-4,6-9H2,1-2H3,(H,16,17). The fourth-order valence-electron chi connectivity index (χ4n) is 2.00. The van der Waals surface area contributed by atoms with Gasteiger partial charge in [-0.1, -0.05) is 0 Å². The molecule has 7 nitrogen and oxygen atoms in total. The Bertz CT molecular complexity index is 385. The molecule has 0 radical (unpaired) electrons. The first-order valence-electron chi connectivity index (χ1n) is 6.18. The number of urea groups is 1. The Labute approximate surface area is 112 Å². The lowest BCUT2D eigenvalue weighted by molar-refractivity contribution is -0.160. The molecule has 0 aromatic rings. The average Bonchev–Trinajstić information content (AvgIpc) is 2.33. The van der Waals surface area contributed by atoms with Crippen molar-refractivity contribution < 1.29 is 19.4 Å². The van der Waals surface area contributed by atoms with E-state index in [9.17, 15) is 9.59 Å². The predicted molar refractivity (Wildman–Crippen MR) is 66.4 cm³/mol. The molecular formula is C12H19N3O4. The highest BCUT2D eigenvalue weighted by Gasteiger charge is 2.43. The number of nitriles is 1. The maximum atomic E-state index is 12.1. The van der Waals surface area contributed by atoms with Gasteiger partial charge in [-0.15, -0.1) is 0 Å². The van der Waals surface area contributed by atoms with Crippen molar-refractivity contribution in [3.05, 3.63) is 0 Å². The molecule has 1 fully saturated rings. The van der Waals surface area contributed by atoms with Crippen molar-refractivity contribution in [3.8, 4) is 6.07 Å². The molecule has 0 bridgehead atoms. The van der Waals surface area contributed by atoms with E-state index in [0.29, 0.717) is 32.6 Å². The number of likely N-dealkylation sites (tertiary alicyclic amines) is 1. The number of hydrogen-bond donors (Lipinski definition) is 1. The second-order valence-electron chi connectivity index (χ2n) is 4.76. The third-order valence-corrected chi connectivity index (χ3v) is 3.01. The number of aliphatic carboxylic acids is 1. The van der Waals surface area contributed by atoms with E-state index in [0.717, 1.165) is 0 Å². The molecule has 2 amide bonds. The van der Waals surface area contributed by atoms with Gasteiger partial charge >= 0.3 is 12.0 Å². The lowest BCUT2D eigenvalue weighted by atomic mass is 9.97. The Hall–Kier alpha value is -1.81. The molecule has 7 heteroatoms. The van der Waals surface area contributed by atoms with Gasteiger partial charge < -0.3 is 19.6 Å². The van der Waals surface area contributed by atoms with Crippen molar-refractivity contribution in [2.24, 2.45) is 0 Å². The van der Waals surface area contributed by atoms with Gasteiger partial charge in [0.05, 0.1) is 25.6 Å². The van der Waals surface area contributed by atoms with Crippen molar-refractivity contribution in [1.29, 1.82) is 5.26 Å². The number of rotatable bonds is 6. The van der Waals surface area contributed by atoms with Gasteiger partial charge in [0.25, 0.3) is 0 Å². The maximum absolute atomic E-state index is 12.1. The van der Waals surface area contributed by atoms with Crippen LogP contribution in [0.1, 0.15) is 20.3 Å². The number of carboxylic acids is 1. The zero-order valence-corrected chi connectivity index (χ0v) is 11.3. The lowest BCUT2D eigenvalue weighted by Crippen LogP contribution is -2.65. The smallest absolute Gasteiger partial charge is 0.329 e. The number of carboxylic acid groups (broad SMARTS) is 1. The van der Waals surface area contributed by atoms with Crippen LogP contribution in [-0.2, 0) is 9.53 Å². The Morgan fingerprint density at radius 2 is 2.16 bits per heavy atom. The summed E-state index contributed by atoms with van der Waals surface area (Å²) in [4.78, 5) is 25.7. The third-order valence-electron chi connectivity index (χ3n) is 3.01. The van der Waals surface area contributed by atoms with Crippen LogP contribution < -0.4 is 0 Å². The lowest BCUT2D eigenvalue weighted by Gasteiger charge is -2.48. The zero-order valence-electron chi connectivity index (χ0n) is 11.3. The van der Waals surface area contributed by atoms with Gasteiger partial charge in [-0.3, -0.25) is 0 Å². The van der Waals surface area contributed by atoms with Crippen LogP contribution in [0.2, 0.25) is 0 Å². The molecule has 0 aromatic carbocycles. The Morgan fingerprint density at radius 3 is 2.63 bits per heavy atom. The fraction of sp³-hybridized carbons (Fsp3) is 0.750. The third kappa shape index (κ3) is 4.10. The van der Waals surface area contributed by atoms with E-state index in [4.69, 9.17) is 15.1 Å². The molecule has 1 aliphatic heterocycles. The monoisotopic (exact) mass is 269 g/mol. The van der Waals surface area contributed by atoms with Crippen LogP contribution in [0.4, 0.5) is 4.79 Å². The summed E-state index contributed by atoms with van der Waals surface area (Å²) in [5.74, 6) is -1.02. The van der Waals surface area contributed by atoms with Gasteiger partial charge in [0, 0.05) is 13.1 Å². The fourth-order valence-corrected chi connectivity index (χ4v) is 2.00. The van der Waals surface area contributed by atoms with Crippen LogP contribution in [0.5, 0.6) is 0 Å². The highest BCUT2D eigenvalue weighted by atomic mass is 16.5. The highest BCUT2D eigenvalue weighted by Crippen LogP contribution is 2.25. The molecule has 1 rings (SSSR count). The molecule has 19 heavy (non-hydrogen) atoms. The summed E-state index contributed by atoms with van der Waals surface area (Å²) in [6.45, 7) is 4.99. The van der Waals surface area contributed by atoms with E-state index in [1.807, 2.05) is 13.0 Å². The van der Waals surface area contributed by atoms with Crippen LogP contribution in [0, 0.1) is 11.3 Å². The SMILES string of the molecule is CCN(CCC#N)C(=O)N1CC(C)(OCC(=O)O)C1. The van der Waals surface area contributed by atoms with Crippen LogP contribution in [0.25, 0.3) is 0 Å². The summed E-state index contributed by atoms with van der Waals surface area (Å²) in [6, 6.07) is 1.88. The molecule has 1 aliphatic rings. The Kier molecular flexibility index (Phi) is 5.12. The largest absolute Gasteiger partial charge is 0.480 e. The highest BCUT2D eigenvalue weighted by molar-refractivity contribution is 5.75. The van der Waals surface area contributed by atoms with Crippen LogP contribution in [-0.4, -0.2) is 65.3 Å². The van der Waals surface area contributed by atoms with Gasteiger partial charge in [-0.25, -0.2) is 9.59 Å². The van der Waals surface area contributed by atoms with Crippen LogP contribution in [0.3, 0.4) is 0 Å². The summed E-state index contributed by atoms with van der Waals surface area (Å²) in [5.41, 5.74) is -0.581. The summed E-state index contributed by atoms with van der Waals surface area (Å²) in [5, 5.41) is 17.1. The van der Waals surface area contributed by atoms with Crippen LogP contribution >= 0.6 is 0 Å². The Morgan fingerprint density at radius 1 is 1.53 bits per heavy atom. The molecule has 1 N–H and O–H groups in total. The number of carbonyl (C=O) groups excluding carboxylic acids is 1. The number of carbonyl (C=O) groups is 2. The second kappa shape index (κ2) is 6.38. The molecule has 1 heterocycles. The minimum absolute atomic E-state index is 0.130. The average molecular weight is 269 g/mol.